The van der Waals surface area contributed by atoms with Gasteiger partial charge in [-0.1, -0.05) is 42.5 Å². The molecule has 178 valence electrons. The molecular weight excluding hydrogens is 444 g/mol. The summed E-state index contributed by atoms with van der Waals surface area (Å²) in [6.07, 6.45) is 5.58. The number of methoxy groups -OCH3 is 1. The topological polar surface area (TPSA) is 92.8 Å². The molecular formula is C28H26N2O5. The second-order valence-electron chi connectivity index (χ2n) is 9.96. The van der Waals surface area contributed by atoms with Crippen LogP contribution in [0.4, 0.5) is 5.69 Å². The van der Waals surface area contributed by atoms with Gasteiger partial charge in [0, 0.05) is 12.1 Å². The summed E-state index contributed by atoms with van der Waals surface area (Å²) < 4.78 is 4.72. The van der Waals surface area contributed by atoms with E-state index < -0.39 is 17.9 Å². The maximum Gasteiger partial charge on any atom is 0.337 e. The van der Waals surface area contributed by atoms with Gasteiger partial charge in [0.15, 0.2) is 0 Å². The highest BCUT2D eigenvalue weighted by molar-refractivity contribution is 6.10. The van der Waals surface area contributed by atoms with Gasteiger partial charge in [-0.2, -0.15) is 0 Å². The number of imide groups is 1. The normalized spacial score (nSPS) is 30.5. The summed E-state index contributed by atoms with van der Waals surface area (Å²) in [6, 6.07) is 14.8. The average Bonchev–Trinajstić information content (AvgIpc) is 3.67. The van der Waals surface area contributed by atoms with E-state index in [1.165, 1.54) is 12.0 Å². The highest BCUT2D eigenvalue weighted by Gasteiger charge is 2.67. The van der Waals surface area contributed by atoms with Crippen LogP contribution in [0.2, 0.25) is 0 Å². The predicted octanol–water partition coefficient (Wildman–Crippen LogP) is 3.08. The summed E-state index contributed by atoms with van der Waals surface area (Å²) in [5, 5.41) is 2.85. The lowest BCUT2D eigenvalue weighted by molar-refractivity contribution is -0.146. The Morgan fingerprint density at radius 2 is 1.54 bits per heavy atom. The molecule has 0 spiro atoms. The van der Waals surface area contributed by atoms with Gasteiger partial charge in [0.25, 0.3) is 0 Å². The molecule has 3 fully saturated rings. The number of carbonyl (C=O) groups excluding carboxylic acids is 4. The fourth-order valence-electron chi connectivity index (χ4n) is 6.46. The van der Waals surface area contributed by atoms with Crippen LogP contribution >= 0.6 is 0 Å². The summed E-state index contributed by atoms with van der Waals surface area (Å²) >= 11 is 0. The van der Waals surface area contributed by atoms with Crippen LogP contribution < -0.4 is 5.32 Å². The molecule has 5 aliphatic rings. The van der Waals surface area contributed by atoms with Gasteiger partial charge < -0.3 is 10.1 Å². The number of anilines is 1. The quantitative estimate of drug-likeness (QED) is 0.398. The van der Waals surface area contributed by atoms with Gasteiger partial charge >= 0.3 is 5.97 Å². The average molecular weight is 471 g/mol. The zero-order chi connectivity index (χ0) is 24.3. The molecule has 0 radical (unpaired) electrons. The Bertz CT molecular complexity index is 1200. The molecule has 1 N–H and O–H groups in total. The Morgan fingerprint density at radius 3 is 2.11 bits per heavy atom. The molecule has 2 aromatic carbocycles. The molecule has 0 unspecified atom stereocenters. The van der Waals surface area contributed by atoms with Crippen molar-refractivity contribution in [3.8, 4) is 0 Å². The third-order valence-corrected chi connectivity index (χ3v) is 8.16. The second-order valence-corrected chi connectivity index (χ2v) is 9.96. The third-order valence-electron chi connectivity index (χ3n) is 8.16. The molecule has 1 saturated heterocycles. The van der Waals surface area contributed by atoms with Gasteiger partial charge in [0.1, 0.15) is 6.04 Å². The highest BCUT2D eigenvalue weighted by Crippen LogP contribution is 2.65. The van der Waals surface area contributed by atoms with Crippen molar-refractivity contribution in [3.63, 3.8) is 0 Å². The van der Waals surface area contributed by atoms with Crippen LogP contribution in [0, 0.1) is 35.5 Å². The van der Waals surface area contributed by atoms with Crippen molar-refractivity contribution in [2.45, 2.75) is 18.9 Å². The van der Waals surface area contributed by atoms with Gasteiger partial charge in [-0.05, 0) is 59.9 Å². The van der Waals surface area contributed by atoms with Crippen molar-refractivity contribution >= 4 is 29.4 Å². The van der Waals surface area contributed by atoms with Crippen LogP contribution in [0.5, 0.6) is 0 Å². The first-order chi connectivity index (χ1) is 17.0. The van der Waals surface area contributed by atoms with Crippen LogP contribution in [-0.2, 0) is 25.5 Å². The summed E-state index contributed by atoms with van der Waals surface area (Å²) in [5.74, 6) is -0.852. The fraction of sp³-hybridized carbons (Fsp3) is 0.357. The number of carbonyl (C=O) groups is 4. The Labute approximate surface area is 203 Å². The number of likely N-dealkylation sites (tertiary alicyclic amines) is 1. The van der Waals surface area contributed by atoms with E-state index in [0.717, 1.165) is 12.0 Å². The zero-order valence-corrected chi connectivity index (χ0v) is 19.3. The molecule has 4 aliphatic carbocycles. The fourth-order valence-corrected chi connectivity index (χ4v) is 6.46. The number of rotatable bonds is 6. The third kappa shape index (κ3) is 3.49. The number of nitrogens with one attached hydrogen (secondary N) is 1. The van der Waals surface area contributed by atoms with Crippen LogP contribution in [0.3, 0.4) is 0 Å². The first-order valence-electron chi connectivity index (χ1n) is 12.1. The first kappa shape index (κ1) is 21.8. The number of esters is 1. The molecule has 2 saturated carbocycles. The predicted molar refractivity (Wildman–Crippen MR) is 127 cm³/mol. The Kier molecular flexibility index (Phi) is 5.09. The van der Waals surface area contributed by atoms with Gasteiger partial charge in [-0.15, -0.1) is 0 Å². The largest absolute Gasteiger partial charge is 0.465 e. The maximum atomic E-state index is 13.7. The van der Waals surface area contributed by atoms with E-state index in [4.69, 9.17) is 4.74 Å². The number of benzene rings is 2. The molecule has 7 rings (SSSR count). The molecule has 7 nitrogen and oxygen atoms in total. The number of ether oxygens (including phenoxy) is 1. The van der Waals surface area contributed by atoms with Gasteiger partial charge in [0.2, 0.25) is 17.7 Å². The van der Waals surface area contributed by atoms with Gasteiger partial charge in [-0.25, -0.2) is 4.79 Å². The van der Waals surface area contributed by atoms with E-state index in [0.29, 0.717) is 23.1 Å². The van der Waals surface area contributed by atoms with Crippen LogP contribution in [0.15, 0.2) is 66.7 Å². The summed E-state index contributed by atoms with van der Waals surface area (Å²) in [6.45, 7) is 0. The number of nitrogens with zero attached hydrogens (tertiary/aromatic N) is 1. The van der Waals surface area contributed by atoms with Crippen LogP contribution in [0.25, 0.3) is 0 Å². The summed E-state index contributed by atoms with van der Waals surface area (Å²) in [4.78, 5) is 53.9. The van der Waals surface area contributed by atoms with Gasteiger partial charge in [0.05, 0.1) is 24.5 Å². The number of hydrogen-bond donors (Lipinski definition) is 1. The monoisotopic (exact) mass is 470 g/mol. The van der Waals surface area contributed by atoms with E-state index in [-0.39, 0.29) is 41.9 Å². The molecule has 2 aromatic rings. The lowest BCUT2D eigenvalue weighted by Gasteiger charge is -2.37. The number of amides is 3. The molecule has 1 aliphatic heterocycles. The molecule has 7 atom stereocenters. The van der Waals surface area contributed by atoms with Crippen LogP contribution in [-0.4, -0.2) is 41.7 Å². The zero-order valence-electron chi connectivity index (χ0n) is 19.3. The standard InChI is InChI=1S/C28H26N2O5/c1-35-28(34)16-7-9-17(10-8-16)29-25(31)22(13-15-5-3-2-4-6-15)30-26(32)23-18-11-12-19(21-14-20(18)21)24(23)27(30)33/h2-12,18-24H,13-14H2,1H3,(H,29,31)/t18-,19-,20-,21+,22-,23-,24+/m0/s1. The Hall–Kier alpha value is -3.74. The lowest BCUT2D eigenvalue weighted by atomic mass is 9.63. The van der Waals surface area contributed by atoms with E-state index in [1.807, 2.05) is 30.3 Å². The Morgan fingerprint density at radius 1 is 0.943 bits per heavy atom. The minimum atomic E-state index is -0.959. The summed E-state index contributed by atoms with van der Waals surface area (Å²) in [5.41, 5.74) is 1.70. The molecule has 3 amide bonds. The molecule has 35 heavy (non-hydrogen) atoms. The van der Waals surface area contributed by atoms with E-state index in [1.54, 1.807) is 24.3 Å². The first-order valence-corrected chi connectivity index (χ1v) is 12.1. The molecule has 0 aromatic heterocycles. The number of allylic oxidation sites excluding steroid dienone is 2. The summed E-state index contributed by atoms with van der Waals surface area (Å²) in [7, 11) is 1.30. The van der Waals surface area contributed by atoms with Gasteiger partial charge in [-0.3, -0.25) is 19.3 Å². The molecule has 2 bridgehead atoms. The van der Waals surface area contributed by atoms with E-state index in [9.17, 15) is 19.2 Å². The smallest absolute Gasteiger partial charge is 0.337 e. The van der Waals surface area contributed by atoms with E-state index >= 15 is 0 Å². The number of hydrogen-bond acceptors (Lipinski definition) is 5. The lowest BCUT2D eigenvalue weighted by Crippen LogP contribution is -2.49. The van der Waals surface area contributed by atoms with Crippen molar-refractivity contribution in [2.24, 2.45) is 35.5 Å². The minimum absolute atomic E-state index is 0.0998. The van der Waals surface area contributed by atoms with Crippen molar-refractivity contribution in [3.05, 3.63) is 77.9 Å². The molecule has 1 heterocycles. The highest BCUT2D eigenvalue weighted by atomic mass is 16.5. The van der Waals surface area contributed by atoms with Crippen molar-refractivity contribution in [2.75, 3.05) is 12.4 Å². The SMILES string of the molecule is COC(=O)c1ccc(NC(=O)[C@H](Cc2ccccc2)N2C(=O)[C@@H]3[C@H]4C=C[C@@H]([C@@H]5C[C@H]45)[C@@H]3C2=O)cc1. The van der Waals surface area contributed by atoms with Crippen LogP contribution in [0.1, 0.15) is 22.3 Å². The minimum Gasteiger partial charge on any atom is -0.465 e. The van der Waals surface area contributed by atoms with Crippen molar-refractivity contribution in [1.29, 1.82) is 0 Å². The van der Waals surface area contributed by atoms with Crippen molar-refractivity contribution < 1.29 is 23.9 Å². The maximum absolute atomic E-state index is 13.7. The van der Waals surface area contributed by atoms with Crippen molar-refractivity contribution in [1.82, 2.24) is 4.90 Å². The second kappa shape index (κ2) is 8.18. The molecule has 7 heteroatoms. The Balaban J connectivity index is 1.29. The van der Waals surface area contributed by atoms with E-state index in [2.05, 4.69) is 17.5 Å².